The van der Waals surface area contributed by atoms with Crippen LogP contribution >= 0.6 is 0 Å². The van der Waals surface area contributed by atoms with E-state index in [1.165, 1.54) is 0 Å². The molecule has 26 heavy (non-hydrogen) atoms. The Bertz CT molecular complexity index is 729. The maximum atomic E-state index is 12.2. The van der Waals surface area contributed by atoms with Crippen molar-refractivity contribution in [3.8, 4) is 17.2 Å². The highest BCUT2D eigenvalue weighted by atomic mass is 16.5. The standard InChI is InChI=1S/C20H26N2O4/c1-13(2)26-18-11-6-15(12-19(18)25-5)14(3)21-20(23)22-16-7-9-17(24-4)10-8-16/h6-14H,1-5H3,(H2,21,22,23). The summed E-state index contributed by atoms with van der Waals surface area (Å²) in [4.78, 5) is 12.2. The molecule has 0 saturated carbocycles. The number of amides is 2. The number of carbonyl (C=O) groups excluding carboxylic acids is 1. The smallest absolute Gasteiger partial charge is 0.319 e. The molecule has 0 aliphatic rings. The lowest BCUT2D eigenvalue weighted by Gasteiger charge is -2.18. The molecule has 2 aromatic rings. The molecule has 0 fully saturated rings. The van der Waals surface area contributed by atoms with Crippen molar-refractivity contribution in [2.75, 3.05) is 19.5 Å². The highest BCUT2D eigenvalue weighted by molar-refractivity contribution is 5.89. The first-order valence-electron chi connectivity index (χ1n) is 8.49. The summed E-state index contributed by atoms with van der Waals surface area (Å²) in [5, 5.41) is 5.71. The van der Waals surface area contributed by atoms with E-state index in [9.17, 15) is 4.79 Å². The van der Waals surface area contributed by atoms with Gasteiger partial charge in [0, 0.05) is 5.69 Å². The van der Waals surface area contributed by atoms with E-state index in [0.717, 1.165) is 11.3 Å². The summed E-state index contributed by atoms with van der Waals surface area (Å²) >= 11 is 0. The first kappa shape index (κ1) is 19.4. The van der Waals surface area contributed by atoms with Gasteiger partial charge < -0.3 is 24.8 Å². The number of ether oxygens (including phenoxy) is 3. The third kappa shape index (κ3) is 5.31. The average Bonchev–Trinajstić information content (AvgIpc) is 2.62. The van der Waals surface area contributed by atoms with E-state index in [0.29, 0.717) is 17.2 Å². The Morgan fingerprint density at radius 3 is 2.19 bits per heavy atom. The number of nitrogens with one attached hydrogen (secondary N) is 2. The minimum absolute atomic E-state index is 0.0561. The van der Waals surface area contributed by atoms with Crippen molar-refractivity contribution in [2.24, 2.45) is 0 Å². The number of anilines is 1. The van der Waals surface area contributed by atoms with Crippen LogP contribution in [0.5, 0.6) is 17.2 Å². The highest BCUT2D eigenvalue weighted by Gasteiger charge is 2.14. The van der Waals surface area contributed by atoms with Gasteiger partial charge in [0.05, 0.1) is 26.4 Å². The van der Waals surface area contributed by atoms with E-state index in [4.69, 9.17) is 14.2 Å². The third-order valence-electron chi connectivity index (χ3n) is 3.75. The average molecular weight is 358 g/mol. The number of urea groups is 1. The first-order valence-corrected chi connectivity index (χ1v) is 8.49. The van der Waals surface area contributed by atoms with E-state index in [1.54, 1.807) is 38.5 Å². The maximum absolute atomic E-state index is 12.2. The van der Waals surface area contributed by atoms with Crippen LogP contribution in [0.2, 0.25) is 0 Å². The van der Waals surface area contributed by atoms with Gasteiger partial charge in [-0.15, -0.1) is 0 Å². The second-order valence-electron chi connectivity index (χ2n) is 6.13. The van der Waals surface area contributed by atoms with Crippen molar-refractivity contribution in [3.05, 3.63) is 48.0 Å². The summed E-state index contributed by atoms with van der Waals surface area (Å²) in [5.74, 6) is 2.06. The minimum atomic E-state index is -0.288. The fourth-order valence-corrected chi connectivity index (χ4v) is 2.43. The number of carbonyl (C=O) groups is 1. The van der Waals surface area contributed by atoms with Crippen molar-refractivity contribution < 1.29 is 19.0 Å². The van der Waals surface area contributed by atoms with Crippen LogP contribution in [0.1, 0.15) is 32.4 Å². The molecular formula is C20H26N2O4. The normalized spacial score (nSPS) is 11.6. The number of rotatable bonds is 7. The van der Waals surface area contributed by atoms with Crippen LogP contribution in [0.25, 0.3) is 0 Å². The molecule has 0 aromatic heterocycles. The Morgan fingerprint density at radius 1 is 0.923 bits per heavy atom. The Morgan fingerprint density at radius 2 is 1.62 bits per heavy atom. The monoisotopic (exact) mass is 358 g/mol. The van der Waals surface area contributed by atoms with Gasteiger partial charge in [-0.05, 0) is 62.7 Å². The van der Waals surface area contributed by atoms with Gasteiger partial charge in [-0.25, -0.2) is 4.79 Å². The molecule has 2 amide bonds. The Balaban J connectivity index is 2.01. The van der Waals surface area contributed by atoms with Crippen molar-refractivity contribution in [3.63, 3.8) is 0 Å². The van der Waals surface area contributed by atoms with Gasteiger partial charge in [-0.3, -0.25) is 0 Å². The molecular weight excluding hydrogens is 332 g/mol. The third-order valence-corrected chi connectivity index (χ3v) is 3.75. The maximum Gasteiger partial charge on any atom is 0.319 e. The summed E-state index contributed by atoms with van der Waals surface area (Å²) in [7, 11) is 3.20. The molecule has 6 heteroatoms. The van der Waals surface area contributed by atoms with E-state index in [1.807, 2.05) is 39.0 Å². The molecule has 0 heterocycles. The van der Waals surface area contributed by atoms with E-state index < -0.39 is 0 Å². The Hall–Kier alpha value is -2.89. The van der Waals surface area contributed by atoms with Gasteiger partial charge in [-0.2, -0.15) is 0 Å². The van der Waals surface area contributed by atoms with E-state index in [-0.39, 0.29) is 18.2 Å². The van der Waals surface area contributed by atoms with Crippen LogP contribution in [-0.2, 0) is 0 Å². The Labute approximate surface area is 154 Å². The summed E-state index contributed by atoms with van der Waals surface area (Å²) in [6.45, 7) is 5.83. The summed E-state index contributed by atoms with van der Waals surface area (Å²) in [6, 6.07) is 12.3. The molecule has 0 radical (unpaired) electrons. The topological polar surface area (TPSA) is 68.8 Å². The lowest BCUT2D eigenvalue weighted by Crippen LogP contribution is -2.31. The van der Waals surface area contributed by atoms with E-state index >= 15 is 0 Å². The van der Waals surface area contributed by atoms with Crippen LogP contribution in [0, 0.1) is 0 Å². The lowest BCUT2D eigenvalue weighted by atomic mass is 10.1. The molecule has 0 aliphatic heterocycles. The van der Waals surface area contributed by atoms with E-state index in [2.05, 4.69) is 10.6 Å². The van der Waals surface area contributed by atoms with Crippen LogP contribution in [0.15, 0.2) is 42.5 Å². The first-order chi connectivity index (χ1) is 12.4. The Kier molecular flexibility index (Phi) is 6.72. The van der Waals surface area contributed by atoms with Crippen molar-refractivity contribution in [1.82, 2.24) is 5.32 Å². The molecule has 1 unspecified atom stereocenters. The second kappa shape index (κ2) is 8.99. The van der Waals surface area contributed by atoms with Gasteiger partial charge in [-0.1, -0.05) is 6.07 Å². The van der Waals surface area contributed by atoms with Gasteiger partial charge in [0.15, 0.2) is 11.5 Å². The van der Waals surface area contributed by atoms with Crippen molar-refractivity contribution in [1.29, 1.82) is 0 Å². The molecule has 0 bridgehead atoms. The summed E-state index contributed by atoms with van der Waals surface area (Å²) in [5.41, 5.74) is 1.61. The highest BCUT2D eigenvalue weighted by Crippen LogP contribution is 2.31. The second-order valence-corrected chi connectivity index (χ2v) is 6.13. The molecule has 2 aromatic carbocycles. The number of hydrogen-bond donors (Lipinski definition) is 2. The van der Waals surface area contributed by atoms with Crippen LogP contribution in [0.4, 0.5) is 10.5 Å². The van der Waals surface area contributed by atoms with Crippen LogP contribution < -0.4 is 24.8 Å². The van der Waals surface area contributed by atoms with Crippen molar-refractivity contribution >= 4 is 11.7 Å². The summed E-state index contributed by atoms with van der Waals surface area (Å²) < 4.78 is 16.2. The van der Waals surface area contributed by atoms with Gasteiger partial charge in [0.2, 0.25) is 0 Å². The predicted molar refractivity (Wildman–Crippen MR) is 102 cm³/mol. The molecule has 2 rings (SSSR count). The number of methoxy groups -OCH3 is 2. The summed E-state index contributed by atoms with van der Waals surface area (Å²) in [6.07, 6.45) is 0.0561. The van der Waals surface area contributed by atoms with Gasteiger partial charge in [0.25, 0.3) is 0 Å². The fraction of sp³-hybridized carbons (Fsp3) is 0.350. The molecule has 0 spiro atoms. The largest absolute Gasteiger partial charge is 0.497 e. The zero-order chi connectivity index (χ0) is 19.1. The molecule has 0 aliphatic carbocycles. The molecule has 2 N–H and O–H groups in total. The fourth-order valence-electron chi connectivity index (χ4n) is 2.43. The lowest BCUT2D eigenvalue weighted by molar-refractivity contribution is 0.230. The quantitative estimate of drug-likeness (QED) is 0.771. The number of hydrogen-bond acceptors (Lipinski definition) is 4. The van der Waals surface area contributed by atoms with Crippen molar-refractivity contribution in [2.45, 2.75) is 32.9 Å². The predicted octanol–water partition coefficient (Wildman–Crippen LogP) is 4.37. The molecule has 0 saturated heterocycles. The molecule has 140 valence electrons. The minimum Gasteiger partial charge on any atom is -0.497 e. The zero-order valence-corrected chi connectivity index (χ0v) is 15.8. The van der Waals surface area contributed by atoms with Gasteiger partial charge in [0.1, 0.15) is 5.75 Å². The molecule has 1 atom stereocenters. The number of benzene rings is 2. The van der Waals surface area contributed by atoms with Crippen LogP contribution in [0.3, 0.4) is 0 Å². The zero-order valence-electron chi connectivity index (χ0n) is 15.8. The SMILES string of the molecule is COc1ccc(NC(=O)NC(C)c2ccc(OC(C)C)c(OC)c2)cc1. The molecule has 6 nitrogen and oxygen atoms in total. The van der Waals surface area contributed by atoms with Crippen LogP contribution in [-0.4, -0.2) is 26.4 Å². The van der Waals surface area contributed by atoms with Gasteiger partial charge >= 0.3 is 6.03 Å².